The van der Waals surface area contributed by atoms with E-state index in [4.69, 9.17) is 5.73 Å². The molecule has 0 saturated carbocycles. The van der Waals surface area contributed by atoms with Crippen molar-refractivity contribution in [1.29, 1.82) is 0 Å². The Morgan fingerprint density at radius 3 is 2.86 bits per heavy atom. The Balaban J connectivity index is 2.20. The van der Waals surface area contributed by atoms with Gasteiger partial charge in [0.2, 0.25) is 0 Å². The first-order chi connectivity index (χ1) is 9.91. The van der Waals surface area contributed by atoms with E-state index < -0.39 is 27.6 Å². The van der Waals surface area contributed by atoms with Crippen molar-refractivity contribution in [3.63, 3.8) is 0 Å². The standard InChI is InChI=1S/C14H15FN2O3S/c15-11-4-3-10(2-1-6-16)13(8-11)14(18)17-12-5-7-21(19,20)9-12/h3-4,8,12H,5-7,9,16H2,(H,17,18). The van der Waals surface area contributed by atoms with Crippen LogP contribution in [0.1, 0.15) is 22.3 Å². The van der Waals surface area contributed by atoms with Crippen LogP contribution in [0.2, 0.25) is 0 Å². The van der Waals surface area contributed by atoms with Crippen molar-refractivity contribution in [1.82, 2.24) is 5.32 Å². The van der Waals surface area contributed by atoms with Crippen LogP contribution in [0.5, 0.6) is 0 Å². The molecule has 0 aromatic heterocycles. The third-order valence-electron chi connectivity index (χ3n) is 3.12. The second-order valence-electron chi connectivity index (χ2n) is 4.77. The maximum atomic E-state index is 13.3. The molecule has 7 heteroatoms. The smallest absolute Gasteiger partial charge is 0.252 e. The van der Waals surface area contributed by atoms with Crippen LogP contribution in [0.3, 0.4) is 0 Å². The minimum absolute atomic E-state index is 0.0565. The average Bonchev–Trinajstić information content (AvgIpc) is 2.76. The number of carbonyl (C=O) groups excluding carboxylic acids is 1. The van der Waals surface area contributed by atoms with Gasteiger partial charge in [0.05, 0.1) is 23.6 Å². The molecule has 21 heavy (non-hydrogen) atoms. The lowest BCUT2D eigenvalue weighted by Crippen LogP contribution is -2.36. The van der Waals surface area contributed by atoms with E-state index >= 15 is 0 Å². The molecule has 1 fully saturated rings. The molecule has 1 unspecified atom stereocenters. The number of nitrogens with two attached hydrogens (primary N) is 1. The number of hydrogen-bond acceptors (Lipinski definition) is 4. The zero-order valence-electron chi connectivity index (χ0n) is 11.2. The van der Waals surface area contributed by atoms with Crippen LogP contribution in [0, 0.1) is 17.7 Å². The molecule has 1 heterocycles. The fraction of sp³-hybridized carbons (Fsp3) is 0.357. The van der Waals surface area contributed by atoms with Crippen molar-refractivity contribution in [2.75, 3.05) is 18.1 Å². The Hall–Kier alpha value is -1.91. The topological polar surface area (TPSA) is 89.3 Å². The molecule has 0 bridgehead atoms. The SMILES string of the molecule is NCC#Cc1ccc(F)cc1C(=O)NC1CCS(=O)(=O)C1. The zero-order chi connectivity index (χ0) is 15.5. The third-order valence-corrected chi connectivity index (χ3v) is 4.89. The maximum Gasteiger partial charge on any atom is 0.252 e. The highest BCUT2D eigenvalue weighted by Gasteiger charge is 2.29. The van der Waals surface area contributed by atoms with Crippen molar-refractivity contribution < 1.29 is 17.6 Å². The lowest BCUT2D eigenvalue weighted by molar-refractivity contribution is 0.0940. The molecule has 1 amide bonds. The summed E-state index contributed by atoms with van der Waals surface area (Å²) in [7, 11) is -3.09. The molecule has 5 nitrogen and oxygen atoms in total. The van der Waals surface area contributed by atoms with Crippen LogP contribution in [0.15, 0.2) is 18.2 Å². The number of amides is 1. The van der Waals surface area contributed by atoms with E-state index in [9.17, 15) is 17.6 Å². The van der Waals surface area contributed by atoms with Crippen molar-refractivity contribution >= 4 is 15.7 Å². The van der Waals surface area contributed by atoms with E-state index in [1.54, 1.807) is 0 Å². The number of hydrogen-bond donors (Lipinski definition) is 2. The van der Waals surface area contributed by atoms with Crippen molar-refractivity contribution in [2.45, 2.75) is 12.5 Å². The fourth-order valence-electron chi connectivity index (χ4n) is 2.13. The Morgan fingerprint density at radius 1 is 1.48 bits per heavy atom. The van der Waals surface area contributed by atoms with Gasteiger partial charge < -0.3 is 11.1 Å². The quantitative estimate of drug-likeness (QED) is 0.756. The number of halogens is 1. The summed E-state index contributed by atoms with van der Waals surface area (Å²) in [5.74, 6) is 4.19. The molecule has 0 spiro atoms. The molecule has 3 N–H and O–H groups in total. The minimum atomic E-state index is -3.09. The van der Waals surface area contributed by atoms with Gasteiger partial charge in [-0.2, -0.15) is 0 Å². The van der Waals surface area contributed by atoms with Crippen LogP contribution in [0.25, 0.3) is 0 Å². The van der Waals surface area contributed by atoms with Crippen molar-refractivity contribution in [3.05, 3.63) is 35.1 Å². The molecule has 0 aliphatic carbocycles. The van der Waals surface area contributed by atoms with Crippen LogP contribution in [0.4, 0.5) is 4.39 Å². The number of nitrogens with one attached hydrogen (secondary N) is 1. The second-order valence-corrected chi connectivity index (χ2v) is 7.00. The van der Waals surface area contributed by atoms with Gasteiger partial charge in [-0.3, -0.25) is 4.79 Å². The van der Waals surface area contributed by atoms with Crippen LogP contribution in [-0.2, 0) is 9.84 Å². The summed E-state index contributed by atoms with van der Waals surface area (Å²) >= 11 is 0. The number of rotatable bonds is 2. The molecule has 1 aromatic rings. The summed E-state index contributed by atoms with van der Waals surface area (Å²) in [6.45, 7) is 0.124. The van der Waals surface area contributed by atoms with Crippen molar-refractivity contribution in [2.24, 2.45) is 5.73 Å². The van der Waals surface area contributed by atoms with E-state index in [-0.39, 0.29) is 23.6 Å². The Bertz CT molecular complexity index is 719. The molecule has 112 valence electrons. The van der Waals surface area contributed by atoms with E-state index in [0.717, 1.165) is 6.07 Å². The summed E-state index contributed by atoms with van der Waals surface area (Å²) in [5, 5.41) is 2.61. The summed E-state index contributed by atoms with van der Waals surface area (Å²) in [6, 6.07) is 3.25. The van der Waals surface area contributed by atoms with Crippen LogP contribution < -0.4 is 11.1 Å². The van der Waals surface area contributed by atoms with Crippen molar-refractivity contribution in [3.8, 4) is 11.8 Å². The lowest BCUT2D eigenvalue weighted by Gasteiger charge is -2.12. The van der Waals surface area contributed by atoms with Crippen LogP contribution >= 0.6 is 0 Å². The second kappa shape index (κ2) is 6.24. The lowest BCUT2D eigenvalue weighted by atomic mass is 10.1. The van der Waals surface area contributed by atoms with Gasteiger partial charge in [0, 0.05) is 11.6 Å². The van der Waals surface area contributed by atoms with E-state index in [1.807, 2.05) is 0 Å². The largest absolute Gasteiger partial charge is 0.348 e. The van der Waals surface area contributed by atoms with Gasteiger partial charge >= 0.3 is 0 Å². The van der Waals surface area contributed by atoms with E-state index in [1.165, 1.54) is 12.1 Å². The average molecular weight is 310 g/mol. The maximum absolute atomic E-state index is 13.3. The van der Waals surface area contributed by atoms with Gasteiger partial charge in [0.1, 0.15) is 5.82 Å². The molecule has 1 atom stereocenters. The predicted octanol–water partition coefficient (Wildman–Crippen LogP) is 0.0528. The summed E-state index contributed by atoms with van der Waals surface area (Å²) in [6.07, 6.45) is 0.368. The van der Waals surface area contributed by atoms with Gasteiger partial charge in [-0.1, -0.05) is 11.8 Å². The highest BCUT2D eigenvalue weighted by molar-refractivity contribution is 7.91. The minimum Gasteiger partial charge on any atom is -0.348 e. The molecule has 0 radical (unpaired) electrons. The first-order valence-electron chi connectivity index (χ1n) is 6.41. The van der Waals surface area contributed by atoms with E-state index in [2.05, 4.69) is 17.2 Å². The molecule has 1 aromatic carbocycles. The first kappa shape index (κ1) is 15.5. The van der Waals surface area contributed by atoms with Gasteiger partial charge in [-0.15, -0.1) is 0 Å². The van der Waals surface area contributed by atoms with E-state index in [0.29, 0.717) is 12.0 Å². The Kier molecular flexibility index (Phi) is 4.60. The molecule has 2 rings (SSSR count). The molecule has 1 saturated heterocycles. The van der Waals surface area contributed by atoms with Gasteiger partial charge in [-0.05, 0) is 24.6 Å². The van der Waals surface area contributed by atoms with Gasteiger partial charge in [0.15, 0.2) is 9.84 Å². The third kappa shape index (κ3) is 4.03. The molecule has 1 aliphatic rings. The fourth-order valence-corrected chi connectivity index (χ4v) is 3.80. The number of benzene rings is 1. The van der Waals surface area contributed by atoms with Gasteiger partial charge in [0.25, 0.3) is 5.91 Å². The molecular weight excluding hydrogens is 295 g/mol. The zero-order valence-corrected chi connectivity index (χ0v) is 12.0. The number of carbonyl (C=O) groups is 1. The van der Waals surface area contributed by atoms with Crippen LogP contribution in [-0.4, -0.2) is 38.4 Å². The Morgan fingerprint density at radius 2 is 2.24 bits per heavy atom. The molecule has 1 aliphatic heterocycles. The first-order valence-corrected chi connectivity index (χ1v) is 8.23. The summed E-state index contributed by atoms with van der Waals surface area (Å²) < 4.78 is 36.1. The summed E-state index contributed by atoms with van der Waals surface area (Å²) in [4.78, 5) is 12.2. The monoisotopic (exact) mass is 310 g/mol. The number of sulfone groups is 1. The molecular formula is C14H15FN2O3S. The Labute approximate surface area is 122 Å². The highest BCUT2D eigenvalue weighted by Crippen LogP contribution is 2.14. The predicted molar refractivity (Wildman–Crippen MR) is 76.9 cm³/mol. The summed E-state index contributed by atoms with van der Waals surface area (Å²) in [5.41, 5.74) is 5.72. The normalized spacial score (nSPS) is 19.6. The van der Waals surface area contributed by atoms with Gasteiger partial charge in [-0.25, -0.2) is 12.8 Å². The highest BCUT2D eigenvalue weighted by atomic mass is 32.2.